The third kappa shape index (κ3) is 9.64. The number of hydrogen-bond acceptors (Lipinski definition) is 3. The van der Waals surface area contributed by atoms with Crippen molar-refractivity contribution in [2.45, 2.75) is 173 Å². The number of unbranched alkanes of at least 4 members (excludes halogenated alkanes) is 8. The minimum absolute atomic E-state index is 0.0460. The lowest BCUT2D eigenvalue weighted by atomic mass is 9.70. The van der Waals surface area contributed by atoms with Crippen LogP contribution in [0.5, 0.6) is 0 Å². The lowest BCUT2D eigenvalue weighted by molar-refractivity contribution is 0.399. The molecule has 3 heteroatoms. The maximum Gasteiger partial charge on any atom is 0.144 e. The van der Waals surface area contributed by atoms with Gasteiger partial charge in [0.2, 0.25) is 0 Å². The van der Waals surface area contributed by atoms with E-state index in [1.807, 2.05) is 0 Å². The number of rotatable bonds is 18. The smallest absolute Gasteiger partial charge is 0.144 e. The Hall–Kier alpha value is -10.7. The average Bonchev–Trinajstić information content (AvgIpc) is 1.50. The van der Waals surface area contributed by atoms with Crippen molar-refractivity contribution in [2.24, 2.45) is 0 Å². The highest BCUT2D eigenvalue weighted by Crippen LogP contribution is 2.65. The summed E-state index contributed by atoms with van der Waals surface area (Å²) in [5, 5.41) is 4.71. The summed E-state index contributed by atoms with van der Waals surface area (Å²) in [6.07, 6.45) is 15.5. The molecule has 0 atom stereocenters. The first-order valence-corrected chi connectivity index (χ1v) is 40.4. The highest BCUT2D eigenvalue weighted by atomic mass is 16.3. The van der Waals surface area contributed by atoms with E-state index in [2.05, 4.69) is 323 Å². The standard InChI is InChI=1S/C105H95NO2/c1-11-13-15-17-30-56-105(57-31-18-16-14-12-2)83-39-27-22-34-72(83)75-53-48-68(60-88(75)105)67-47-52-74-73-51-46-66(58-84(73)101(3,4)85(74)59-67)64-42-44-65(45-43-64)81-63-89-92(94-79-36-24-28-40-90(79)107-99(81)94)77-54-49-70(61-86(77)102(89,5)6)106(69-32-20-19-21-33-69)71-50-55-78-87(62-71)104(9,10)97-93(78)95-80-37-25-29-41-91(80)108-100(95)96-76-35-23-26-38-82(76)103(7,8)98(96)97/h19-29,32-55,58-63H,11-18,30-31,56-57H2,1-10H3. The molecular weight excluding hydrogens is 1310 g/mol. The van der Waals surface area contributed by atoms with E-state index in [-0.39, 0.29) is 27.1 Å². The zero-order valence-corrected chi connectivity index (χ0v) is 64.4. The van der Waals surface area contributed by atoms with Gasteiger partial charge in [0.05, 0.1) is 0 Å². The molecule has 5 aliphatic carbocycles. The fraction of sp³-hybridized carbons (Fsp3) is 0.257. The second-order valence-electron chi connectivity index (χ2n) is 34.4. The number of anilines is 3. The molecule has 0 fully saturated rings. The van der Waals surface area contributed by atoms with Gasteiger partial charge in [-0.15, -0.1) is 0 Å². The van der Waals surface area contributed by atoms with E-state index in [1.165, 1.54) is 216 Å². The summed E-state index contributed by atoms with van der Waals surface area (Å²) in [7, 11) is 0. The Labute approximate surface area is 637 Å². The van der Waals surface area contributed by atoms with E-state index in [1.54, 1.807) is 11.1 Å². The average molecular weight is 1400 g/mol. The predicted octanol–water partition coefficient (Wildman–Crippen LogP) is 30.2. The molecule has 0 spiro atoms. The van der Waals surface area contributed by atoms with Crippen molar-refractivity contribution in [3.05, 3.63) is 304 Å². The Kier molecular flexibility index (Phi) is 15.2. The van der Waals surface area contributed by atoms with Gasteiger partial charge in [0.1, 0.15) is 22.3 Å². The van der Waals surface area contributed by atoms with E-state index >= 15 is 0 Å². The van der Waals surface area contributed by atoms with E-state index in [9.17, 15) is 0 Å². The summed E-state index contributed by atoms with van der Waals surface area (Å²) in [6, 6.07) is 95.3. The molecule has 3 nitrogen and oxygen atoms in total. The van der Waals surface area contributed by atoms with Gasteiger partial charge in [-0.3, -0.25) is 0 Å². The van der Waals surface area contributed by atoms with Gasteiger partial charge < -0.3 is 13.7 Å². The topological polar surface area (TPSA) is 29.5 Å². The van der Waals surface area contributed by atoms with Gasteiger partial charge in [-0.2, -0.15) is 0 Å². The molecular formula is C105H95NO2. The number of furan rings is 2. The third-order valence-corrected chi connectivity index (χ3v) is 26.9. The molecule has 20 rings (SSSR count). The van der Waals surface area contributed by atoms with Crippen LogP contribution in [0.2, 0.25) is 0 Å². The van der Waals surface area contributed by atoms with Crippen LogP contribution in [0.25, 0.3) is 133 Å². The second kappa shape index (κ2) is 24.6. The predicted molar refractivity (Wildman–Crippen MR) is 455 cm³/mol. The van der Waals surface area contributed by atoms with Crippen LogP contribution in [0.1, 0.15) is 202 Å². The van der Waals surface area contributed by atoms with E-state index in [0.29, 0.717) is 0 Å². The van der Waals surface area contributed by atoms with Crippen LogP contribution in [0, 0.1) is 0 Å². The maximum absolute atomic E-state index is 7.13. The molecule has 2 aromatic heterocycles. The summed E-state index contributed by atoms with van der Waals surface area (Å²) >= 11 is 0. The number of fused-ring (bicyclic) bond motifs is 25. The lowest BCUT2D eigenvalue weighted by Crippen LogP contribution is -2.25. The Morgan fingerprint density at radius 2 is 0.685 bits per heavy atom. The summed E-state index contributed by atoms with van der Waals surface area (Å²) in [5.74, 6) is 0. The SMILES string of the molecule is CCCCCCCC1(CCCCCCC)c2ccccc2-c2ccc(-c3ccc4c(c3)C(C)(C)c3cc(-c5ccc(-c6cc7c(c8c6oc6ccccc68)-c6ccc(N(c8ccccc8)c8ccc9c(c8)C(C)(C)c8c%10c(c%11oc%12ccccc%12c%11c8-9)-c8ccccc8C%10(C)C)cc6C7(C)C)cc5)ccc3-4)cc21. The molecule has 15 aromatic rings. The minimum atomic E-state index is -0.370. The van der Waals surface area contributed by atoms with Crippen molar-refractivity contribution in [2.75, 3.05) is 4.90 Å². The highest BCUT2D eigenvalue weighted by molar-refractivity contribution is 6.22. The van der Waals surface area contributed by atoms with Crippen molar-refractivity contribution < 1.29 is 8.83 Å². The van der Waals surface area contributed by atoms with Crippen LogP contribution < -0.4 is 4.90 Å². The zero-order chi connectivity index (χ0) is 73.3. The lowest BCUT2D eigenvalue weighted by Gasteiger charge is -2.33. The van der Waals surface area contributed by atoms with Crippen molar-refractivity contribution in [3.8, 4) is 89.0 Å². The normalized spacial score (nSPS) is 15.6. The van der Waals surface area contributed by atoms with Gasteiger partial charge >= 0.3 is 0 Å². The summed E-state index contributed by atoms with van der Waals surface area (Å²) in [5.41, 5.74) is 40.6. The fourth-order valence-electron chi connectivity index (χ4n) is 21.4. The molecule has 2 heterocycles. The van der Waals surface area contributed by atoms with Gasteiger partial charge in [0.15, 0.2) is 0 Å². The molecule has 0 unspecified atom stereocenters. The molecule has 108 heavy (non-hydrogen) atoms. The van der Waals surface area contributed by atoms with Crippen LogP contribution in [0.4, 0.5) is 17.1 Å². The summed E-state index contributed by atoms with van der Waals surface area (Å²) in [6.45, 7) is 24.2. The van der Waals surface area contributed by atoms with Crippen molar-refractivity contribution >= 4 is 60.9 Å². The van der Waals surface area contributed by atoms with E-state index in [0.717, 1.165) is 55.9 Å². The molecule has 5 aliphatic rings. The number of benzene rings is 13. The monoisotopic (exact) mass is 1400 g/mol. The van der Waals surface area contributed by atoms with Gasteiger partial charge in [-0.25, -0.2) is 0 Å². The largest absolute Gasteiger partial charge is 0.455 e. The number of para-hydroxylation sites is 3. The molecule has 0 bridgehead atoms. The minimum Gasteiger partial charge on any atom is -0.455 e. The van der Waals surface area contributed by atoms with Crippen molar-refractivity contribution in [1.29, 1.82) is 0 Å². The van der Waals surface area contributed by atoms with Crippen LogP contribution in [-0.4, -0.2) is 0 Å². The van der Waals surface area contributed by atoms with E-state index in [4.69, 9.17) is 8.83 Å². The number of nitrogens with zero attached hydrogens (tertiary/aromatic N) is 1. The van der Waals surface area contributed by atoms with Crippen LogP contribution in [0.15, 0.2) is 258 Å². The van der Waals surface area contributed by atoms with E-state index < -0.39 is 0 Å². The molecule has 0 radical (unpaired) electrons. The summed E-state index contributed by atoms with van der Waals surface area (Å²) in [4.78, 5) is 2.49. The quantitative estimate of drug-likeness (QED) is 0.0802. The molecule has 13 aromatic carbocycles. The summed E-state index contributed by atoms with van der Waals surface area (Å²) < 4.78 is 14.2. The van der Waals surface area contributed by atoms with Gasteiger partial charge in [-0.1, -0.05) is 309 Å². The Balaban J connectivity index is 0.632. The molecule has 0 aliphatic heterocycles. The first kappa shape index (κ1) is 66.7. The Bertz CT molecular complexity index is 6200. The van der Waals surface area contributed by atoms with Crippen molar-refractivity contribution in [1.82, 2.24) is 0 Å². The molecule has 0 saturated carbocycles. The zero-order valence-electron chi connectivity index (χ0n) is 64.4. The molecule has 0 saturated heterocycles. The molecule has 0 N–H and O–H groups in total. The van der Waals surface area contributed by atoms with Crippen LogP contribution >= 0.6 is 0 Å². The van der Waals surface area contributed by atoms with Crippen LogP contribution in [-0.2, 0) is 27.1 Å². The first-order chi connectivity index (χ1) is 52.5. The fourth-order valence-corrected chi connectivity index (χ4v) is 21.4. The van der Waals surface area contributed by atoms with Gasteiger partial charge in [0, 0.05) is 76.8 Å². The van der Waals surface area contributed by atoms with Gasteiger partial charge in [-0.05, 0) is 219 Å². The Morgan fingerprint density at radius 3 is 1.31 bits per heavy atom. The molecule has 0 amide bonds. The number of hydrogen-bond donors (Lipinski definition) is 0. The van der Waals surface area contributed by atoms with Crippen LogP contribution in [0.3, 0.4) is 0 Å². The second-order valence-corrected chi connectivity index (χ2v) is 34.4. The maximum atomic E-state index is 7.13. The highest BCUT2D eigenvalue weighted by Gasteiger charge is 2.50. The Morgan fingerprint density at radius 1 is 0.269 bits per heavy atom. The first-order valence-electron chi connectivity index (χ1n) is 40.4. The van der Waals surface area contributed by atoms with Crippen molar-refractivity contribution in [3.63, 3.8) is 0 Å². The van der Waals surface area contributed by atoms with Gasteiger partial charge in [0.25, 0.3) is 0 Å². The third-order valence-electron chi connectivity index (χ3n) is 26.9. The molecule has 532 valence electrons.